The van der Waals surface area contributed by atoms with Crippen LogP contribution in [0.3, 0.4) is 0 Å². The van der Waals surface area contributed by atoms with E-state index in [9.17, 15) is 4.39 Å². The first kappa shape index (κ1) is 15.9. The normalized spacial score (nSPS) is 11.0. The maximum atomic E-state index is 13.9. The molecule has 21 heavy (non-hydrogen) atoms. The maximum absolute atomic E-state index is 13.9. The van der Waals surface area contributed by atoms with Gasteiger partial charge in [0.2, 0.25) is 0 Å². The molecular weight excluding hydrogens is 293 g/mol. The van der Waals surface area contributed by atoms with Gasteiger partial charge in [-0.25, -0.2) is 4.39 Å². The van der Waals surface area contributed by atoms with Gasteiger partial charge in [0.1, 0.15) is 5.82 Å². The van der Waals surface area contributed by atoms with Crippen LogP contribution in [0.5, 0.6) is 0 Å². The predicted octanol–water partition coefficient (Wildman–Crippen LogP) is 2.77. The summed E-state index contributed by atoms with van der Waals surface area (Å²) in [6.07, 6.45) is 1.93. The predicted molar refractivity (Wildman–Crippen MR) is 81.1 cm³/mol. The first-order chi connectivity index (χ1) is 10.1. The van der Waals surface area contributed by atoms with E-state index in [1.807, 2.05) is 13.1 Å². The lowest BCUT2D eigenvalue weighted by molar-refractivity contribution is 0.199. The van der Waals surface area contributed by atoms with Gasteiger partial charge in [0.05, 0.1) is 23.9 Å². The second-order valence-corrected chi connectivity index (χ2v) is 5.23. The third-order valence-electron chi connectivity index (χ3n) is 3.21. The number of hydrogen-bond acceptors (Lipinski definition) is 3. The monoisotopic (exact) mass is 311 g/mol. The van der Waals surface area contributed by atoms with E-state index >= 15 is 0 Å². The fourth-order valence-electron chi connectivity index (χ4n) is 2.06. The van der Waals surface area contributed by atoms with E-state index in [4.69, 9.17) is 16.3 Å². The van der Waals surface area contributed by atoms with Crippen LogP contribution in [-0.2, 0) is 17.8 Å². The SMILES string of the molecule is COCCNCc1cn(Cc2cccc(Cl)c2F)nc1C. The van der Waals surface area contributed by atoms with E-state index in [2.05, 4.69) is 10.4 Å². The van der Waals surface area contributed by atoms with Crippen LogP contribution in [0.2, 0.25) is 5.02 Å². The zero-order valence-corrected chi connectivity index (χ0v) is 13.0. The molecule has 0 saturated heterocycles. The summed E-state index contributed by atoms with van der Waals surface area (Å²) >= 11 is 5.79. The fraction of sp³-hybridized carbons (Fsp3) is 0.400. The summed E-state index contributed by atoms with van der Waals surface area (Å²) in [6.45, 7) is 4.47. The Balaban J connectivity index is 2.03. The molecule has 4 nitrogen and oxygen atoms in total. The molecule has 1 N–H and O–H groups in total. The van der Waals surface area contributed by atoms with E-state index in [0.29, 0.717) is 25.3 Å². The van der Waals surface area contributed by atoms with Gasteiger partial charge in [-0.05, 0) is 13.0 Å². The van der Waals surface area contributed by atoms with E-state index in [-0.39, 0.29) is 10.8 Å². The molecule has 1 aromatic carbocycles. The van der Waals surface area contributed by atoms with Crippen LogP contribution in [-0.4, -0.2) is 30.0 Å². The number of nitrogens with zero attached hydrogens (tertiary/aromatic N) is 2. The molecule has 0 atom stereocenters. The maximum Gasteiger partial charge on any atom is 0.146 e. The van der Waals surface area contributed by atoms with Crippen LogP contribution in [0.1, 0.15) is 16.8 Å². The molecule has 0 spiro atoms. The number of nitrogens with one attached hydrogen (secondary N) is 1. The van der Waals surface area contributed by atoms with Gasteiger partial charge in [-0.15, -0.1) is 0 Å². The number of ether oxygens (including phenoxy) is 1. The first-order valence-corrected chi connectivity index (χ1v) is 7.15. The molecule has 0 saturated carbocycles. The summed E-state index contributed by atoms with van der Waals surface area (Å²) in [5.41, 5.74) is 2.56. The van der Waals surface area contributed by atoms with E-state index in [1.54, 1.807) is 30.0 Å². The average molecular weight is 312 g/mol. The summed E-state index contributed by atoms with van der Waals surface area (Å²) in [4.78, 5) is 0. The lowest BCUT2D eigenvalue weighted by atomic mass is 10.2. The smallest absolute Gasteiger partial charge is 0.146 e. The van der Waals surface area contributed by atoms with Gasteiger partial charge in [0.25, 0.3) is 0 Å². The quantitative estimate of drug-likeness (QED) is 0.799. The Hall–Kier alpha value is -1.43. The molecule has 0 amide bonds. The van der Waals surface area contributed by atoms with Crippen molar-refractivity contribution in [3.63, 3.8) is 0 Å². The summed E-state index contributed by atoms with van der Waals surface area (Å²) in [5.74, 6) is -0.382. The highest BCUT2D eigenvalue weighted by atomic mass is 35.5. The third kappa shape index (κ3) is 4.27. The van der Waals surface area contributed by atoms with Crippen molar-refractivity contribution < 1.29 is 9.13 Å². The number of aromatic nitrogens is 2. The van der Waals surface area contributed by atoms with E-state index in [0.717, 1.165) is 17.8 Å². The van der Waals surface area contributed by atoms with Crippen molar-refractivity contribution in [3.8, 4) is 0 Å². The van der Waals surface area contributed by atoms with Crippen LogP contribution in [0.15, 0.2) is 24.4 Å². The van der Waals surface area contributed by atoms with Crippen LogP contribution >= 0.6 is 11.6 Å². The van der Waals surface area contributed by atoms with Crippen molar-refractivity contribution >= 4 is 11.6 Å². The zero-order chi connectivity index (χ0) is 15.2. The second kappa shape index (κ2) is 7.54. The number of aryl methyl sites for hydroxylation is 1. The lowest BCUT2D eigenvalue weighted by Crippen LogP contribution is -2.18. The Labute approximate surface area is 128 Å². The number of benzene rings is 1. The standard InChI is InChI=1S/C15H19ClFN3O/c1-11-13(8-18-6-7-21-2)10-20(19-11)9-12-4-3-5-14(16)15(12)17/h3-5,10,18H,6-9H2,1-2H3. The van der Waals surface area contributed by atoms with Gasteiger partial charge in [-0.1, -0.05) is 23.7 Å². The van der Waals surface area contributed by atoms with Gasteiger partial charge in [0.15, 0.2) is 0 Å². The lowest BCUT2D eigenvalue weighted by Gasteiger charge is -2.04. The molecule has 2 aromatic rings. The number of rotatable bonds is 7. The topological polar surface area (TPSA) is 39.1 Å². The van der Waals surface area contributed by atoms with Crippen molar-refractivity contribution in [2.75, 3.05) is 20.3 Å². The molecule has 2 rings (SSSR count). The fourth-order valence-corrected chi connectivity index (χ4v) is 2.25. The molecule has 0 unspecified atom stereocenters. The van der Waals surface area contributed by atoms with Gasteiger partial charge in [-0.2, -0.15) is 5.10 Å². The highest BCUT2D eigenvalue weighted by Crippen LogP contribution is 2.19. The van der Waals surface area contributed by atoms with Gasteiger partial charge in [0, 0.05) is 37.5 Å². The van der Waals surface area contributed by atoms with E-state index in [1.165, 1.54) is 0 Å². The molecule has 114 valence electrons. The van der Waals surface area contributed by atoms with Crippen molar-refractivity contribution in [1.82, 2.24) is 15.1 Å². The van der Waals surface area contributed by atoms with E-state index < -0.39 is 0 Å². The molecular formula is C15H19ClFN3O. The molecule has 0 bridgehead atoms. The zero-order valence-electron chi connectivity index (χ0n) is 12.2. The second-order valence-electron chi connectivity index (χ2n) is 4.82. The Morgan fingerprint density at radius 1 is 1.38 bits per heavy atom. The Kier molecular flexibility index (Phi) is 5.73. The van der Waals surface area contributed by atoms with Crippen molar-refractivity contribution in [2.24, 2.45) is 0 Å². The molecule has 1 aromatic heterocycles. The minimum atomic E-state index is -0.382. The summed E-state index contributed by atoms with van der Waals surface area (Å²) in [5, 5.41) is 7.82. The third-order valence-corrected chi connectivity index (χ3v) is 3.50. The Morgan fingerprint density at radius 3 is 2.95 bits per heavy atom. The molecule has 1 heterocycles. The van der Waals surface area contributed by atoms with Crippen molar-refractivity contribution in [3.05, 3.63) is 52.1 Å². The molecule has 0 fully saturated rings. The van der Waals surface area contributed by atoms with Crippen LogP contribution in [0.4, 0.5) is 4.39 Å². The van der Waals surface area contributed by atoms with Gasteiger partial charge < -0.3 is 10.1 Å². The molecule has 6 heteroatoms. The minimum absolute atomic E-state index is 0.137. The number of hydrogen-bond donors (Lipinski definition) is 1. The summed E-state index contributed by atoms with van der Waals surface area (Å²) in [7, 11) is 1.67. The first-order valence-electron chi connectivity index (χ1n) is 6.77. The van der Waals surface area contributed by atoms with Crippen LogP contribution in [0, 0.1) is 12.7 Å². The van der Waals surface area contributed by atoms with Crippen LogP contribution in [0.25, 0.3) is 0 Å². The van der Waals surface area contributed by atoms with Gasteiger partial charge >= 0.3 is 0 Å². The molecule has 0 aliphatic rings. The Bertz CT molecular complexity index is 601. The highest BCUT2D eigenvalue weighted by Gasteiger charge is 2.09. The van der Waals surface area contributed by atoms with Crippen LogP contribution < -0.4 is 5.32 Å². The summed E-state index contributed by atoms with van der Waals surface area (Å²) < 4.78 is 20.6. The number of halogens is 2. The Morgan fingerprint density at radius 2 is 2.19 bits per heavy atom. The molecule has 0 aliphatic heterocycles. The van der Waals surface area contributed by atoms with Crippen molar-refractivity contribution in [2.45, 2.75) is 20.0 Å². The number of methoxy groups -OCH3 is 1. The largest absolute Gasteiger partial charge is 0.383 e. The highest BCUT2D eigenvalue weighted by molar-refractivity contribution is 6.30. The summed E-state index contributed by atoms with van der Waals surface area (Å²) in [6, 6.07) is 5.00. The molecule has 0 aliphatic carbocycles. The molecule has 0 radical (unpaired) electrons. The average Bonchev–Trinajstić information content (AvgIpc) is 2.80. The van der Waals surface area contributed by atoms with Crippen molar-refractivity contribution in [1.29, 1.82) is 0 Å². The minimum Gasteiger partial charge on any atom is -0.383 e. The van der Waals surface area contributed by atoms with Gasteiger partial charge in [-0.3, -0.25) is 4.68 Å².